The fourth-order valence-electron chi connectivity index (χ4n) is 3.83. The topological polar surface area (TPSA) is 77.0 Å². The second kappa shape index (κ2) is 10.7. The van der Waals surface area contributed by atoms with Gasteiger partial charge >= 0.3 is 6.18 Å². The van der Waals surface area contributed by atoms with Gasteiger partial charge in [-0.1, -0.05) is 30.7 Å². The lowest BCUT2D eigenvalue weighted by Crippen LogP contribution is -2.36. The Morgan fingerprint density at radius 3 is 2.46 bits per heavy atom. The molecule has 3 aromatic rings. The number of carbonyl (C=O) groups excluding carboxylic acids is 1. The molecule has 1 saturated carbocycles. The van der Waals surface area contributed by atoms with Crippen LogP contribution in [0.15, 0.2) is 60.6 Å². The number of rotatable bonds is 6. The average Bonchev–Trinajstić information content (AvgIpc) is 2.85. The molecule has 0 radical (unpaired) electrons. The summed E-state index contributed by atoms with van der Waals surface area (Å²) < 4.78 is 43.7. The predicted molar refractivity (Wildman–Crippen MR) is 125 cm³/mol. The van der Waals surface area contributed by atoms with Crippen LogP contribution in [0.25, 0.3) is 6.08 Å². The molecule has 4 rings (SSSR count). The first-order valence-corrected chi connectivity index (χ1v) is 11.4. The van der Waals surface area contributed by atoms with Crippen LogP contribution in [0.2, 0.25) is 0 Å². The first kappa shape index (κ1) is 24.4. The molecular formula is C26H25F3N4O2. The molecule has 2 heterocycles. The smallest absolute Gasteiger partial charge is 0.417 e. The van der Waals surface area contributed by atoms with Crippen molar-refractivity contribution in [2.45, 2.75) is 51.2 Å². The lowest BCUT2D eigenvalue weighted by Gasteiger charge is -2.25. The van der Waals surface area contributed by atoms with Gasteiger partial charge in [0.15, 0.2) is 0 Å². The van der Waals surface area contributed by atoms with Crippen molar-refractivity contribution in [2.75, 3.05) is 0 Å². The zero-order valence-electron chi connectivity index (χ0n) is 19.2. The van der Waals surface area contributed by atoms with Gasteiger partial charge in [-0.05, 0) is 49.4 Å². The average molecular weight is 483 g/mol. The van der Waals surface area contributed by atoms with Crippen LogP contribution in [0.3, 0.4) is 0 Å². The first-order valence-electron chi connectivity index (χ1n) is 11.4. The Balaban J connectivity index is 1.32. The number of hydrogen-bond donors (Lipinski definition) is 1. The third-order valence-electron chi connectivity index (χ3n) is 5.76. The molecule has 0 atom stereocenters. The van der Waals surface area contributed by atoms with Crippen molar-refractivity contribution in [1.82, 2.24) is 20.3 Å². The lowest BCUT2D eigenvalue weighted by atomic mass is 9.89. The Morgan fingerprint density at radius 2 is 1.83 bits per heavy atom. The maximum Gasteiger partial charge on any atom is 0.417 e. The summed E-state index contributed by atoms with van der Waals surface area (Å²) in [7, 11) is 0. The lowest BCUT2D eigenvalue weighted by molar-refractivity contribution is -0.137. The molecule has 1 fully saturated rings. The van der Waals surface area contributed by atoms with E-state index in [2.05, 4.69) is 26.3 Å². The molecule has 0 spiro atoms. The van der Waals surface area contributed by atoms with Crippen molar-refractivity contribution in [1.29, 1.82) is 0 Å². The Hall–Kier alpha value is -3.75. The van der Waals surface area contributed by atoms with Gasteiger partial charge < -0.3 is 10.1 Å². The quantitative estimate of drug-likeness (QED) is 0.466. The number of carbonyl (C=O) groups is 1. The number of hydrogen-bond acceptors (Lipinski definition) is 5. The number of aryl methyl sites for hydroxylation is 1. The van der Waals surface area contributed by atoms with Gasteiger partial charge in [-0.25, -0.2) is 15.0 Å². The summed E-state index contributed by atoms with van der Waals surface area (Å²) in [5, 5.41) is 3.06. The number of nitrogens with zero attached hydrogens (tertiary/aromatic N) is 3. The Labute approximate surface area is 201 Å². The summed E-state index contributed by atoms with van der Waals surface area (Å²) in [6.45, 7) is 1.96. The SMILES string of the molecule is CCc1ncc(C(=O)NC2CCC(=Cc3cccc(Oc4ccc(C(F)(F)F)cn4)c3)CC2)cn1. The Kier molecular flexibility index (Phi) is 7.43. The normalized spacial score (nSPS) is 16.0. The second-order valence-corrected chi connectivity index (χ2v) is 8.35. The molecule has 9 heteroatoms. The van der Waals surface area contributed by atoms with Gasteiger partial charge in [-0.2, -0.15) is 13.2 Å². The van der Waals surface area contributed by atoms with Crippen molar-refractivity contribution < 1.29 is 22.7 Å². The molecule has 0 bridgehead atoms. The minimum Gasteiger partial charge on any atom is -0.439 e. The molecule has 35 heavy (non-hydrogen) atoms. The van der Waals surface area contributed by atoms with Crippen LogP contribution in [0.1, 0.15) is 59.9 Å². The molecule has 1 N–H and O–H groups in total. The fourth-order valence-corrected chi connectivity index (χ4v) is 3.83. The highest BCUT2D eigenvalue weighted by Crippen LogP contribution is 2.31. The van der Waals surface area contributed by atoms with Crippen molar-refractivity contribution in [2.24, 2.45) is 0 Å². The molecule has 1 amide bonds. The van der Waals surface area contributed by atoms with Gasteiger partial charge in [0.05, 0.1) is 11.1 Å². The largest absolute Gasteiger partial charge is 0.439 e. The van der Waals surface area contributed by atoms with Crippen LogP contribution < -0.4 is 10.1 Å². The van der Waals surface area contributed by atoms with Gasteiger partial charge in [-0.3, -0.25) is 4.79 Å². The van der Waals surface area contributed by atoms with Gasteiger partial charge in [0.25, 0.3) is 5.91 Å². The number of amides is 1. The van der Waals surface area contributed by atoms with E-state index in [0.717, 1.165) is 49.9 Å². The highest BCUT2D eigenvalue weighted by atomic mass is 19.4. The fraction of sp³-hybridized carbons (Fsp3) is 0.308. The molecule has 182 valence electrons. The summed E-state index contributed by atoms with van der Waals surface area (Å²) >= 11 is 0. The minimum atomic E-state index is -4.44. The number of ether oxygens (including phenoxy) is 1. The maximum absolute atomic E-state index is 12.7. The summed E-state index contributed by atoms with van der Waals surface area (Å²) in [4.78, 5) is 24.6. The van der Waals surface area contributed by atoms with E-state index in [-0.39, 0.29) is 17.8 Å². The number of alkyl halides is 3. The van der Waals surface area contributed by atoms with E-state index < -0.39 is 11.7 Å². The van der Waals surface area contributed by atoms with Gasteiger partial charge in [0.1, 0.15) is 11.6 Å². The molecule has 0 unspecified atom stereocenters. The summed E-state index contributed by atoms with van der Waals surface area (Å²) in [6.07, 6.45) is 5.61. The molecule has 1 aliphatic rings. The van der Waals surface area contributed by atoms with E-state index in [1.165, 1.54) is 11.6 Å². The Morgan fingerprint density at radius 1 is 1.09 bits per heavy atom. The number of allylic oxidation sites excluding steroid dienone is 1. The van der Waals surface area contributed by atoms with E-state index in [1.54, 1.807) is 18.5 Å². The molecule has 1 aliphatic carbocycles. The molecule has 6 nitrogen and oxygen atoms in total. The van der Waals surface area contributed by atoms with Crippen LogP contribution >= 0.6 is 0 Å². The molecule has 2 aromatic heterocycles. The van der Waals surface area contributed by atoms with Crippen molar-refractivity contribution >= 4 is 12.0 Å². The van der Waals surface area contributed by atoms with Crippen LogP contribution in [0.5, 0.6) is 11.6 Å². The third-order valence-corrected chi connectivity index (χ3v) is 5.76. The molecule has 1 aromatic carbocycles. The number of aromatic nitrogens is 3. The zero-order chi connectivity index (χ0) is 24.8. The Bertz CT molecular complexity index is 1180. The monoisotopic (exact) mass is 482 g/mol. The van der Waals surface area contributed by atoms with Crippen molar-refractivity contribution in [3.05, 3.63) is 83.1 Å². The highest BCUT2D eigenvalue weighted by molar-refractivity contribution is 5.93. The van der Waals surface area contributed by atoms with E-state index >= 15 is 0 Å². The molecule has 0 aliphatic heterocycles. The van der Waals surface area contributed by atoms with Gasteiger partial charge in [0.2, 0.25) is 5.88 Å². The van der Waals surface area contributed by atoms with E-state index in [1.807, 2.05) is 25.1 Å². The van der Waals surface area contributed by atoms with Crippen LogP contribution in [0.4, 0.5) is 13.2 Å². The van der Waals surface area contributed by atoms with Gasteiger partial charge in [-0.15, -0.1) is 0 Å². The number of nitrogens with one attached hydrogen (secondary N) is 1. The maximum atomic E-state index is 12.7. The molecule has 0 saturated heterocycles. The number of pyridine rings is 1. The zero-order valence-corrected chi connectivity index (χ0v) is 19.2. The number of halogens is 3. The molecular weight excluding hydrogens is 457 g/mol. The third kappa shape index (κ3) is 6.65. The number of benzene rings is 1. The summed E-state index contributed by atoms with van der Waals surface area (Å²) in [6, 6.07) is 9.54. The standard InChI is InChI=1S/C26H25F3N4O2/c1-2-23-30-14-19(15-31-23)25(34)33-21-9-6-17(7-10-21)12-18-4-3-5-22(13-18)35-24-11-8-20(16-32-24)26(27,28)29/h3-5,8,11-16,21H,2,6-7,9-10H2,1H3,(H,33,34). The van der Waals surface area contributed by atoms with Crippen molar-refractivity contribution in [3.8, 4) is 11.6 Å². The summed E-state index contributed by atoms with van der Waals surface area (Å²) in [5.74, 6) is 1.13. The van der Waals surface area contributed by atoms with Crippen LogP contribution in [-0.4, -0.2) is 26.9 Å². The second-order valence-electron chi connectivity index (χ2n) is 8.35. The highest BCUT2D eigenvalue weighted by Gasteiger charge is 2.30. The van der Waals surface area contributed by atoms with E-state index in [9.17, 15) is 18.0 Å². The van der Waals surface area contributed by atoms with Crippen molar-refractivity contribution in [3.63, 3.8) is 0 Å². The minimum absolute atomic E-state index is 0.0888. The van der Waals surface area contributed by atoms with E-state index in [4.69, 9.17) is 4.74 Å². The first-order chi connectivity index (χ1) is 16.8. The van der Waals surface area contributed by atoms with Crippen LogP contribution in [-0.2, 0) is 12.6 Å². The summed E-state index contributed by atoms with van der Waals surface area (Å²) in [5.41, 5.74) is 1.83. The van der Waals surface area contributed by atoms with Crippen LogP contribution in [0, 0.1) is 0 Å². The van der Waals surface area contributed by atoms with Gasteiger partial charge in [0, 0.05) is 37.1 Å². The predicted octanol–water partition coefficient (Wildman–Crippen LogP) is 6.00. The van der Waals surface area contributed by atoms with E-state index in [0.29, 0.717) is 17.1 Å².